The zero-order valence-corrected chi connectivity index (χ0v) is 19.5. The van der Waals surface area contributed by atoms with E-state index in [4.69, 9.17) is 5.73 Å². The van der Waals surface area contributed by atoms with Gasteiger partial charge < -0.3 is 15.5 Å². The second-order valence-electron chi connectivity index (χ2n) is 9.41. The van der Waals surface area contributed by atoms with Gasteiger partial charge in [0.25, 0.3) is 0 Å². The normalized spacial score (nSPS) is 20.1. The lowest BCUT2D eigenvalue weighted by Gasteiger charge is -2.40. The van der Waals surface area contributed by atoms with Gasteiger partial charge in [-0.25, -0.2) is 8.78 Å². The number of halogens is 2. The predicted molar refractivity (Wildman–Crippen MR) is 126 cm³/mol. The average molecular weight is 471 g/mol. The van der Waals surface area contributed by atoms with Crippen molar-refractivity contribution in [3.05, 3.63) is 71.3 Å². The highest BCUT2D eigenvalue weighted by Crippen LogP contribution is 2.30. The van der Waals surface area contributed by atoms with Crippen LogP contribution in [0.15, 0.2) is 48.5 Å². The van der Waals surface area contributed by atoms with Gasteiger partial charge in [0, 0.05) is 39.3 Å². The number of nitrogens with zero attached hydrogens (tertiary/aromatic N) is 3. The summed E-state index contributed by atoms with van der Waals surface area (Å²) in [5, 5.41) is 0. The van der Waals surface area contributed by atoms with Gasteiger partial charge in [0.15, 0.2) is 0 Å². The van der Waals surface area contributed by atoms with Crippen LogP contribution in [0.4, 0.5) is 8.78 Å². The zero-order chi connectivity index (χ0) is 24.2. The van der Waals surface area contributed by atoms with Crippen LogP contribution in [-0.4, -0.2) is 71.8 Å². The molecule has 0 spiro atoms. The topological polar surface area (TPSA) is 69.9 Å². The van der Waals surface area contributed by atoms with Gasteiger partial charge in [-0.05, 0) is 47.7 Å². The summed E-state index contributed by atoms with van der Waals surface area (Å²) in [5.41, 5.74) is 7.90. The highest BCUT2D eigenvalue weighted by molar-refractivity contribution is 5.88. The summed E-state index contributed by atoms with van der Waals surface area (Å²) in [7, 11) is 0. The van der Waals surface area contributed by atoms with E-state index in [0.29, 0.717) is 45.2 Å². The third-order valence-corrected chi connectivity index (χ3v) is 6.85. The van der Waals surface area contributed by atoms with E-state index in [2.05, 4.69) is 11.8 Å². The van der Waals surface area contributed by atoms with E-state index in [1.54, 1.807) is 34.1 Å². The van der Waals surface area contributed by atoms with E-state index in [0.717, 1.165) is 17.5 Å². The Bertz CT molecular complexity index is 945. The van der Waals surface area contributed by atoms with Gasteiger partial charge in [0.1, 0.15) is 11.6 Å². The van der Waals surface area contributed by atoms with Gasteiger partial charge >= 0.3 is 0 Å². The van der Waals surface area contributed by atoms with Crippen molar-refractivity contribution >= 4 is 11.8 Å². The Morgan fingerprint density at radius 3 is 1.88 bits per heavy atom. The lowest BCUT2D eigenvalue weighted by Crippen LogP contribution is -2.52. The van der Waals surface area contributed by atoms with Gasteiger partial charge in [0.2, 0.25) is 11.8 Å². The number of benzene rings is 2. The van der Waals surface area contributed by atoms with E-state index in [1.165, 1.54) is 24.3 Å². The summed E-state index contributed by atoms with van der Waals surface area (Å²) in [5.74, 6) is -0.426. The molecule has 182 valence electrons. The van der Waals surface area contributed by atoms with Crippen LogP contribution in [0.5, 0.6) is 0 Å². The Labute approximate surface area is 199 Å². The number of carbonyl (C=O) groups is 2. The number of hydrogen-bond donors (Lipinski definition) is 1. The molecule has 8 heteroatoms. The van der Waals surface area contributed by atoms with Crippen molar-refractivity contribution in [3.63, 3.8) is 0 Å². The lowest BCUT2D eigenvalue weighted by atomic mass is 9.96. The molecular weight excluding hydrogens is 438 g/mol. The zero-order valence-electron chi connectivity index (χ0n) is 19.5. The molecule has 0 radical (unpaired) electrons. The van der Waals surface area contributed by atoms with E-state index in [9.17, 15) is 18.4 Å². The largest absolute Gasteiger partial charge is 0.341 e. The number of likely N-dealkylation sites (tertiary alicyclic amines) is 1. The summed E-state index contributed by atoms with van der Waals surface area (Å²) in [6.45, 7) is 5.70. The third kappa shape index (κ3) is 5.62. The number of piperazine rings is 1. The standard InChI is InChI=1S/C26H32F2N4O2/c1-18-10-11-32(17-18)26(34)23(29)16-24(33)30-12-14-31(15-13-30)25(19-2-6-21(27)7-3-19)20-4-8-22(28)9-5-20/h2-9,18,23,25H,10-17,29H2,1H3/t18?,23-/m0/s1. The molecule has 2 heterocycles. The van der Waals surface area contributed by atoms with E-state index >= 15 is 0 Å². The summed E-state index contributed by atoms with van der Waals surface area (Å²) in [6.07, 6.45) is 0.973. The smallest absolute Gasteiger partial charge is 0.240 e. The molecule has 34 heavy (non-hydrogen) atoms. The fourth-order valence-electron chi connectivity index (χ4n) is 4.91. The number of amides is 2. The molecule has 0 aromatic heterocycles. The Hall–Kier alpha value is -2.84. The molecular formula is C26H32F2N4O2. The Morgan fingerprint density at radius 1 is 0.882 bits per heavy atom. The minimum atomic E-state index is -0.818. The lowest BCUT2D eigenvalue weighted by molar-refractivity contribution is -0.139. The van der Waals surface area contributed by atoms with Crippen molar-refractivity contribution in [1.29, 1.82) is 0 Å². The van der Waals surface area contributed by atoms with Gasteiger partial charge in [-0.3, -0.25) is 14.5 Å². The number of nitrogens with two attached hydrogens (primary N) is 1. The molecule has 2 aromatic rings. The molecule has 2 amide bonds. The molecule has 1 unspecified atom stereocenters. The van der Waals surface area contributed by atoms with Gasteiger partial charge in [-0.15, -0.1) is 0 Å². The van der Waals surface area contributed by atoms with Gasteiger partial charge in [-0.2, -0.15) is 0 Å². The van der Waals surface area contributed by atoms with Gasteiger partial charge in [0.05, 0.1) is 18.5 Å². The van der Waals surface area contributed by atoms with Gasteiger partial charge in [-0.1, -0.05) is 31.2 Å². The van der Waals surface area contributed by atoms with Crippen molar-refractivity contribution in [1.82, 2.24) is 14.7 Å². The molecule has 0 bridgehead atoms. The van der Waals surface area contributed by atoms with E-state index in [1.807, 2.05) is 0 Å². The molecule has 2 fully saturated rings. The van der Waals surface area contributed by atoms with Crippen LogP contribution in [0.2, 0.25) is 0 Å². The third-order valence-electron chi connectivity index (χ3n) is 6.85. The molecule has 4 rings (SSSR count). The van der Waals surface area contributed by atoms with Crippen molar-refractivity contribution in [2.75, 3.05) is 39.3 Å². The Balaban J connectivity index is 1.39. The fraction of sp³-hybridized carbons (Fsp3) is 0.462. The Kier molecular flexibility index (Phi) is 7.58. The second-order valence-corrected chi connectivity index (χ2v) is 9.41. The van der Waals surface area contributed by atoms with Crippen LogP contribution < -0.4 is 5.73 Å². The first-order chi connectivity index (χ1) is 16.3. The second kappa shape index (κ2) is 10.6. The molecule has 2 aliphatic rings. The summed E-state index contributed by atoms with van der Waals surface area (Å²) < 4.78 is 27.0. The van der Waals surface area contributed by atoms with Crippen LogP contribution in [0.3, 0.4) is 0 Å². The first-order valence-electron chi connectivity index (χ1n) is 11.9. The maximum atomic E-state index is 13.5. The quantitative estimate of drug-likeness (QED) is 0.705. The van der Waals surface area contributed by atoms with Crippen LogP contribution in [0.25, 0.3) is 0 Å². The van der Waals surface area contributed by atoms with Crippen LogP contribution in [0, 0.1) is 17.6 Å². The maximum Gasteiger partial charge on any atom is 0.240 e. The highest BCUT2D eigenvalue weighted by atomic mass is 19.1. The summed E-state index contributed by atoms with van der Waals surface area (Å²) in [6, 6.07) is 11.7. The SMILES string of the molecule is CC1CCN(C(=O)[C@@H](N)CC(=O)N2CCN(C(c3ccc(F)cc3)c3ccc(F)cc3)CC2)C1. The first kappa shape index (κ1) is 24.3. The monoisotopic (exact) mass is 470 g/mol. The van der Waals surface area contributed by atoms with Crippen LogP contribution in [0.1, 0.15) is 36.9 Å². The Morgan fingerprint density at radius 2 is 1.41 bits per heavy atom. The first-order valence-corrected chi connectivity index (χ1v) is 11.9. The summed E-state index contributed by atoms with van der Waals surface area (Å²) >= 11 is 0. The minimum Gasteiger partial charge on any atom is -0.341 e. The average Bonchev–Trinajstić information content (AvgIpc) is 3.27. The van der Waals surface area contributed by atoms with Crippen molar-refractivity contribution < 1.29 is 18.4 Å². The number of rotatable bonds is 6. The molecule has 0 aliphatic carbocycles. The number of hydrogen-bond acceptors (Lipinski definition) is 4. The molecule has 0 saturated carbocycles. The molecule has 2 atom stereocenters. The molecule has 2 saturated heterocycles. The maximum absolute atomic E-state index is 13.5. The highest BCUT2D eigenvalue weighted by Gasteiger charge is 2.32. The van der Waals surface area contributed by atoms with Crippen molar-refractivity contribution in [2.45, 2.75) is 31.8 Å². The fourth-order valence-corrected chi connectivity index (χ4v) is 4.91. The van der Waals surface area contributed by atoms with E-state index in [-0.39, 0.29) is 35.9 Å². The summed E-state index contributed by atoms with van der Waals surface area (Å²) in [4.78, 5) is 31.2. The van der Waals surface area contributed by atoms with Crippen LogP contribution >= 0.6 is 0 Å². The minimum absolute atomic E-state index is 0.00304. The van der Waals surface area contributed by atoms with Crippen LogP contribution in [-0.2, 0) is 9.59 Å². The van der Waals surface area contributed by atoms with Crippen molar-refractivity contribution in [3.8, 4) is 0 Å². The molecule has 6 nitrogen and oxygen atoms in total. The number of carbonyl (C=O) groups excluding carboxylic acids is 2. The molecule has 2 aliphatic heterocycles. The van der Waals surface area contributed by atoms with Crippen molar-refractivity contribution in [2.24, 2.45) is 11.7 Å². The van der Waals surface area contributed by atoms with E-state index < -0.39 is 6.04 Å². The molecule has 2 aromatic carbocycles. The molecule has 2 N–H and O–H groups in total. The predicted octanol–water partition coefficient (Wildman–Crippen LogP) is 2.78.